The number of H-pyrrole nitrogens is 1. The zero-order chi connectivity index (χ0) is 35.8. The van der Waals surface area contributed by atoms with E-state index in [1.54, 1.807) is 18.2 Å². The number of hydrogen-bond acceptors (Lipinski definition) is 7. The maximum Gasteiger partial charge on any atom is 0.255 e. The van der Waals surface area contributed by atoms with Crippen molar-refractivity contribution in [1.29, 1.82) is 0 Å². The molecular weight excluding hydrogens is 681 g/mol. The van der Waals surface area contributed by atoms with Crippen molar-refractivity contribution in [2.45, 2.75) is 58.4 Å². The summed E-state index contributed by atoms with van der Waals surface area (Å²) < 4.78 is 28.1. The first-order valence-electron chi connectivity index (χ1n) is 17.6. The third-order valence-electron chi connectivity index (χ3n) is 9.79. The molecule has 2 N–H and O–H groups in total. The van der Waals surface area contributed by atoms with Crippen molar-refractivity contribution in [1.82, 2.24) is 29.6 Å². The first kappa shape index (κ1) is 34.0. The van der Waals surface area contributed by atoms with E-state index in [4.69, 9.17) is 31.0 Å². The Bertz CT molecular complexity index is 2310. The van der Waals surface area contributed by atoms with E-state index in [1.807, 2.05) is 48.5 Å². The smallest absolute Gasteiger partial charge is 0.255 e. The van der Waals surface area contributed by atoms with Gasteiger partial charge in [0.2, 0.25) is 5.88 Å². The Kier molecular flexibility index (Phi) is 9.48. The molecule has 5 heterocycles. The summed E-state index contributed by atoms with van der Waals surface area (Å²) in [6.07, 6.45) is 4.17. The molecule has 12 heteroatoms. The number of halogens is 2. The fourth-order valence-electron chi connectivity index (χ4n) is 6.78. The second-order valence-electron chi connectivity index (χ2n) is 13.7. The second-order valence-corrected chi connectivity index (χ2v) is 14.1. The molecule has 1 saturated heterocycles. The number of pyridine rings is 1. The lowest BCUT2D eigenvalue weighted by Crippen LogP contribution is -2.33. The number of rotatable bonds is 11. The largest absolute Gasteiger partial charge is 0.473 e. The predicted octanol–water partition coefficient (Wildman–Crippen LogP) is 8.13. The maximum absolute atomic E-state index is 14.2. The van der Waals surface area contributed by atoms with Crippen molar-refractivity contribution in [2.75, 3.05) is 25.0 Å². The molecule has 266 valence electrons. The van der Waals surface area contributed by atoms with Gasteiger partial charge in [0.15, 0.2) is 0 Å². The number of aromatic amines is 1. The molecule has 2 aliphatic rings. The number of carbonyl (C=O) groups excluding carboxylic acids is 1. The van der Waals surface area contributed by atoms with Crippen molar-refractivity contribution in [3.05, 3.63) is 118 Å². The van der Waals surface area contributed by atoms with Crippen molar-refractivity contribution >= 4 is 50.7 Å². The number of carbonyl (C=O) groups is 1. The Labute approximate surface area is 305 Å². The maximum atomic E-state index is 14.2. The third-order valence-corrected chi connectivity index (χ3v) is 10.0. The van der Waals surface area contributed by atoms with E-state index in [2.05, 4.69) is 44.9 Å². The van der Waals surface area contributed by atoms with Crippen LogP contribution in [0.2, 0.25) is 5.02 Å². The fraction of sp³-hybridized carbons (Fsp3) is 0.300. The molecule has 3 aromatic carbocycles. The van der Waals surface area contributed by atoms with Crippen LogP contribution in [0.15, 0.2) is 78.9 Å². The summed E-state index contributed by atoms with van der Waals surface area (Å²) in [6, 6.07) is 21.7. The van der Waals surface area contributed by atoms with E-state index in [0.29, 0.717) is 35.1 Å². The van der Waals surface area contributed by atoms with E-state index in [9.17, 15) is 9.18 Å². The molecule has 8 rings (SSSR count). The number of imidazole rings is 1. The van der Waals surface area contributed by atoms with E-state index in [0.717, 1.165) is 82.9 Å². The summed E-state index contributed by atoms with van der Waals surface area (Å²) >= 11 is 5.88. The molecule has 2 aliphatic heterocycles. The molecular formula is C40H39ClFN7O3. The normalized spacial score (nSPS) is 16.3. The number of nitrogens with zero attached hydrogens (tertiary/aromatic N) is 5. The Balaban J connectivity index is 0.966. The Hall–Kier alpha value is -5.10. The van der Waals surface area contributed by atoms with E-state index in [1.165, 1.54) is 6.07 Å². The highest BCUT2D eigenvalue weighted by atomic mass is 35.5. The molecule has 52 heavy (non-hydrogen) atoms. The number of hydrogen-bond donors (Lipinski definition) is 2. The summed E-state index contributed by atoms with van der Waals surface area (Å²) in [5, 5.41) is 11.9. The van der Waals surface area contributed by atoms with Crippen LogP contribution in [0.25, 0.3) is 27.5 Å². The molecule has 0 saturated carbocycles. The quantitative estimate of drug-likeness (QED) is 0.139. The monoisotopic (exact) mass is 719 g/mol. The summed E-state index contributed by atoms with van der Waals surface area (Å²) in [7, 11) is 0. The number of anilines is 1. The lowest BCUT2D eigenvalue weighted by atomic mass is 10.0. The van der Waals surface area contributed by atoms with Gasteiger partial charge < -0.3 is 19.4 Å². The van der Waals surface area contributed by atoms with Gasteiger partial charge >= 0.3 is 0 Å². The van der Waals surface area contributed by atoms with Gasteiger partial charge in [-0.05, 0) is 78.9 Å². The van der Waals surface area contributed by atoms with Gasteiger partial charge in [-0.2, -0.15) is 5.10 Å². The number of aromatic nitrogens is 5. The second kappa shape index (κ2) is 14.5. The lowest BCUT2D eigenvalue weighted by Gasteiger charge is -2.29. The minimum Gasteiger partial charge on any atom is -0.473 e. The van der Waals surface area contributed by atoms with Gasteiger partial charge in [0.1, 0.15) is 18.2 Å². The standard InChI is InChI=1S/C40H39ClFN7O3/c1-24(2)39-31-20-29(9-10-34(31)46-47-39)43-40(50)26-7-11-36-35(18-26)44-37(49(36)21-30-14-17-51-30)22-48-15-12-25(13-16-48)33-4-3-5-38(45-33)52-23-27-6-8-28(41)19-32(27)42/h3-12,18-20,24,30H,13-17,21-23H2,1-2H3,(H,43,50)(H,46,47)/t30-/m0/s1. The molecule has 0 radical (unpaired) electrons. The molecule has 0 spiro atoms. The molecule has 0 unspecified atom stereocenters. The van der Waals surface area contributed by atoms with Gasteiger partial charge in [-0.1, -0.05) is 43.7 Å². The first-order chi connectivity index (χ1) is 25.3. The minimum absolute atomic E-state index is 0.0623. The average molecular weight is 720 g/mol. The van der Waals surface area contributed by atoms with Gasteiger partial charge in [0, 0.05) is 58.7 Å². The van der Waals surface area contributed by atoms with Crippen molar-refractivity contribution in [2.24, 2.45) is 0 Å². The van der Waals surface area contributed by atoms with Gasteiger partial charge in [-0.25, -0.2) is 14.4 Å². The topological polar surface area (TPSA) is 110 Å². The van der Waals surface area contributed by atoms with Crippen molar-refractivity contribution < 1.29 is 18.7 Å². The molecule has 1 fully saturated rings. The third kappa shape index (κ3) is 7.16. The Morgan fingerprint density at radius 1 is 1.10 bits per heavy atom. The van der Waals surface area contributed by atoms with Crippen LogP contribution < -0.4 is 10.1 Å². The van der Waals surface area contributed by atoms with Gasteiger partial charge in [0.05, 0.1) is 41.4 Å². The highest BCUT2D eigenvalue weighted by molar-refractivity contribution is 6.30. The zero-order valence-electron chi connectivity index (χ0n) is 29.0. The van der Waals surface area contributed by atoms with Crippen LogP contribution >= 0.6 is 11.6 Å². The highest BCUT2D eigenvalue weighted by Gasteiger charge is 2.24. The van der Waals surface area contributed by atoms with Crippen LogP contribution in [-0.2, 0) is 24.4 Å². The predicted molar refractivity (Wildman–Crippen MR) is 200 cm³/mol. The Morgan fingerprint density at radius 3 is 2.75 bits per heavy atom. The number of fused-ring (bicyclic) bond motifs is 2. The number of benzene rings is 3. The Morgan fingerprint density at radius 2 is 1.98 bits per heavy atom. The highest BCUT2D eigenvalue weighted by Crippen LogP contribution is 2.29. The van der Waals surface area contributed by atoms with Gasteiger partial charge in [-0.15, -0.1) is 0 Å². The van der Waals surface area contributed by atoms with Crippen LogP contribution in [0.4, 0.5) is 10.1 Å². The van der Waals surface area contributed by atoms with E-state index in [-0.39, 0.29) is 24.5 Å². The molecule has 1 atom stereocenters. The first-order valence-corrected chi connectivity index (χ1v) is 18.0. The summed E-state index contributed by atoms with van der Waals surface area (Å²) in [5.74, 6) is 1.07. The van der Waals surface area contributed by atoms with Gasteiger partial charge in [-0.3, -0.25) is 14.8 Å². The molecule has 6 aromatic rings. The number of nitrogens with one attached hydrogen (secondary N) is 2. The zero-order valence-corrected chi connectivity index (χ0v) is 29.8. The summed E-state index contributed by atoms with van der Waals surface area (Å²) in [4.78, 5) is 25.6. The molecule has 10 nitrogen and oxygen atoms in total. The molecule has 0 aliphatic carbocycles. The van der Waals surface area contributed by atoms with Crippen LogP contribution in [0, 0.1) is 5.82 Å². The lowest BCUT2D eigenvalue weighted by molar-refractivity contribution is -0.0591. The van der Waals surface area contributed by atoms with Crippen LogP contribution in [0.3, 0.4) is 0 Å². The molecule has 1 amide bonds. The number of ether oxygens (including phenoxy) is 2. The number of amides is 1. The van der Waals surface area contributed by atoms with Crippen LogP contribution in [-0.4, -0.2) is 61.3 Å². The van der Waals surface area contributed by atoms with Crippen molar-refractivity contribution in [3.8, 4) is 5.88 Å². The summed E-state index contributed by atoms with van der Waals surface area (Å²) in [6.45, 7) is 7.98. The van der Waals surface area contributed by atoms with E-state index >= 15 is 0 Å². The van der Waals surface area contributed by atoms with E-state index < -0.39 is 5.82 Å². The van der Waals surface area contributed by atoms with Crippen LogP contribution in [0.5, 0.6) is 5.88 Å². The molecule has 0 bridgehead atoms. The van der Waals surface area contributed by atoms with Crippen LogP contribution in [0.1, 0.15) is 65.7 Å². The molecule has 3 aromatic heterocycles. The summed E-state index contributed by atoms with van der Waals surface area (Å²) in [5.41, 5.74) is 7.34. The minimum atomic E-state index is -0.404. The van der Waals surface area contributed by atoms with Gasteiger partial charge in [0.25, 0.3) is 5.91 Å². The SMILES string of the molecule is CC(C)c1[nH]nc2ccc(NC(=O)c3ccc4c(c3)nc(CN3CC=C(c5cccc(OCc6ccc(Cl)cc6F)n5)CC3)n4C[C@@H]3CCO3)cc12. The average Bonchev–Trinajstić information content (AvgIpc) is 3.70. The van der Waals surface area contributed by atoms with Crippen molar-refractivity contribution in [3.63, 3.8) is 0 Å². The fourth-order valence-corrected chi connectivity index (χ4v) is 6.94.